The number of carboxylic acid groups (broad SMARTS) is 1. The van der Waals surface area contributed by atoms with Crippen molar-refractivity contribution >= 4 is 70.6 Å². The highest BCUT2D eigenvalue weighted by atomic mass is 35.5. The normalized spacial score (nSPS) is 18.7. The van der Waals surface area contributed by atoms with E-state index in [1.54, 1.807) is 34.3 Å². The molecule has 4 heterocycles. The van der Waals surface area contributed by atoms with Gasteiger partial charge in [-0.05, 0) is 150 Å². The number of carboxylic acids is 1. The summed E-state index contributed by atoms with van der Waals surface area (Å²) in [6.45, 7) is 13.6. The monoisotopic (exact) mass is 922 g/mol. The van der Waals surface area contributed by atoms with Crippen LogP contribution in [0.25, 0.3) is 23.3 Å². The number of benzene rings is 2. The van der Waals surface area contributed by atoms with Crippen molar-refractivity contribution in [2.24, 2.45) is 11.8 Å². The second kappa shape index (κ2) is 19.4. The Morgan fingerprint density at radius 3 is 1.42 bits per heavy atom. The van der Waals surface area contributed by atoms with Gasteiger partial charge in [-0.1, -0.05) is 47.5 Å². The molecule has 2 aromatic heterocycles. The number of methoxy groups -OCH3 is 1. The lowest BCUT2D eigenvalue weighted by Crippen LogP contribution is -2.42. The largest absolute Gasteiger partial charge is 0.478 e. The molecule has 14 heteroatoms. The van der Waals surface area contributed by atoms with Crippen LogP contribution in [0, 0.1) is 11.8 Å². The number of esters is 1. The van der Waals surface area contributed by atoms with Crippen LogP contribution < -0.4 is 0 Å². The molecule has 65 heavy (non-hydrogen) atoms. The summed E-state index contributed by atoms with van der Waals surface area (Å²) in [6.07, 6.45) is 9.59. The number of likely N-dealkylation sites (tertiary alicyclic amines) is 2. The third-order valence-electron chi connectivity index (χ3n) is 12.2. The number of aromatic nitrogens is 2. The number of carbonyl (C=O) groups excluding carboxylic acids is 3. The molecule has 2 saturated heterocycles. The van der Waals surface area contributed by atoms with E-state index in [2.05, 4.69) is 4.98 Å². The minimum atomic E-state index is -0.995. The molecular weight excluding hydrogens is 867 g/mol. The number of pyridine rings is 2. The van der Waals surface area contributed by atoms with Crippen molar-refractivity contribution in [2.45, 2.75) is 90.3 Å². The van der Waals surface area contributed by atoms with Crippen molar-refractivity contribution in [2.75, 3.05) is 33.3 Å². The summed E-state index contributed by atoms with van der Waals surface area (Å²) in [6, 6.07) is 18.7. The van der Waals surface area contributed by atoms with Gasteiger partial charge in [-0.2, -0.15) is 0 Å². The molecule has 2 amide bonds. The van der Waals surface area contributed by atoms with E-state index in [4.69, 9.17) is 42.4 Å². The highest BCUT2D eigenvalue weighted by Crippen LogP contribution is 2.47. The highest BCUT2D eigenvalue weighted by molar-refractivity contribution is 6.31. The van der Waals surface area contributed by atoms with E-state index in [1.165, 1.54) is 7.11 Å². The summed E-state index contributed by atoms with van der Waals surface area (Å²) in [5.41, 5.74) is 6.43. The number of fused-ring (bicyclic) bond motifs is 4. The van der Waals surface area contributed by atoms with Crippen LogP contribution in [0.1, 0.15) is 124 Å². The zero-order valence-corrected chi connectivity index (χ0v) is 39.4. The van der Waals surface area contributed by atoms with E-state index >= 15 is 0 Å². The molecule has 0 radical (unpaired) electrons. The fourth-order valence-corrected chi connectivity index (χ4v) is 9.71. The summed E-state index contributed by atoms with van der Waals surface area (Å²) < 4.78 is 16.2. The first-order valence-corrected chi connectivity index (χ1v) is 22.8. The standard InChI is InChI=1S/C26H29ClN2O4.C25H27ClN2O4/c1-26(2,3)33-25(31)29-12-9-16(10-13-29)22-19-8-7-18(27)14-17(19)15-21(24(30)32-4)20-6-5-11-28-23(20)22;1-25(2,3)32-24(31)28-11-8-15(9-12-28)21-18-7-6-17(26)13-16(18)14-20(23(29)30)19-5-4-10-27-22(19)21/h5-8,11,14-16,22H,9-10,12-13H2,1-4H3;4-7,10,13-15,21H,8-9,11-12H2,1-3H3,(H,29,30). The van der Waals surface area contributed by atoms with Crippen LogP contribution in [0.4, 0.5) is 9.59 Å². The zero-order valence-electron chi connectivity index (χ0n) is 37.9. The van der Waals surface area contributed by atoms with Crippen LogP contribution >= 0.6 is 23.2 Å². The summed E-state index contributed by atoms with van der Waals surface area (Å²) in [7, 11) is 1.38. The van der Waals surface area contributed by atoms with Gasteiger partial charge in [0, 0.05) is 71.6 Å². The van der Waals surface area contributed by atoms with Crippen molar-refractivity contribution in [3.63, 3.8) is 0 Å². The maximum absolute atomic E-state index is 12.7. The van der Waals surface area contributed by atoms with E-state index in [9.17, 15) is 24.3 Å². The number of rotatable bonds is 4. The second-order valence-corrected chi connectivity index (χ2v) is 19.8. The average Bonchev–Trinajstić information content (AvgIpc) is 3.49. The number of halogens is 2. The van der Waals surface area contributed by atoms with Gasteiger partial charge in [0.15, 0.2) is 0 Å². The number of aliphatic carboxylic acids is 1. The number of piperidine rings is 2. The third kappa shape index (κ3) is 10.9. The summed E-state index contributed by atoms with van der Waals surface area (Å²) in [5.74, 6) is -1.09. The van der Waals surface area contributed by atoms with Gasteiger partial charge in [0.05, 0.1) is 29.6 Å². The van der Waals surface area contributed by atoms with Crippen molar-refractivity contribution in [1.82, 2.24) is 19.8 Å². The van der Waals surface area contributed by atoms with E-state index in [1.807, 2.05) is 102 Å². The number of carbonyl (C=O) groups is 4. The summed E-state index contributed by atoms with van der Waals surface area (Å²) in [4.78, 5) is 62.8. The molecule has 2 aliphatic heterocycles. The number of hydrogen-bond acceptors (Lipinski definition) is 9. The van der Waals surface area contributed by atoms with Crippen molar-refractivity contribution < 1.29 is 38.5 Å². The van der Waals surface area contributed by atoms with Crippen molar-refractivity contribution in [1.29, 1.82) is 0 Å². The number of amides is 2. The van der Waals surface area contributed by atoms with Gasteiger partial charge in [-0.3, -0.25) is 9.97 Å². The Morgan fingerprint density at radius 2 is 1.03 bits per heavy atom. The van der Waals surface area contributed by atoms with Crippen LogP contribution in [0.15, 0.2) is 73.1 Å². The molecule has 0 spiro atoms. The Balaban J connectivity index is 0.000000194. The summed E-state index contributed by atoms with van der Waals surface area (Å²) in [5, 5.41) is 11.1. The molecule has 4 aromatic rings. The SMILES string of the molecule is CC(C)(C)OC(=O)N1CCC(C2c3ccc(Cl)cc3C=C(C(=O)O)c3cccnc32)CC1.COC(=O)C1=Cc2cc(Cl)ccc2C(C2CCN(C(=O)OC(C)(C)C)CC2)c2ncccc21. The lowest BCUT2D eigenvalue weighted by molar-refractivity contribution is -0.133. The molecular formula is C51H56Cl2N4O8. The number of nitrogens with zero attached hydrogens (tertiary/aromatic N) is 4. The van der Waals surface area contributed by atoms with Gasteiger partial charge in [-0.25, -0.2) is 19.2 Å². The maximum atomic E-state index is 12.7. The Morgan fingerprint density at radius 1 is 0.631 bits per heavy atom. The quantitative estimate of drug-likeness (QED) is 0.155. The van der Waals surface area contributed by atoms with Crippen LogP contribution in [0.3, 0.4) is 0 Å². The van der Waals surface area contributed by atoms with Gasteiger partial charge in [0.2, 0.25) is 0 Å². The molecule has 0 bridgehead atoms. The number of ether oxygens (including phenoxy) is 3. The fraction of sp³-hybridized carbons (Fsp3) is 0.412. The smallest absolute Gasteiger partial charge is 0.410 e. The molecule has 4 aliphatic rings. The Bertz CT molecular complexity index is 2530. The molecule has 8 rings (SSSR count). The van der Waals surface area contributed by atoms with Gasteiger partial charge in [0.25, 0.3) is 0 Å². The molecule has 2 aromatic carbocycles. The second-order valence-electron chi connectivity index (χ2n) is 18.9. The molecule has 1 N–H and O–H groups in total. The predicted molar refractivity (Wildman–Crippen MR) is 252 cm³/mol. The van der Waals surface area contributed by atoms with Gasteiger partial charge in [0.1, 0.15) is 11.2 Å². The van der Waals surface area contributed by atoms with Crippen LogP contribution in [0.5, 0.6) is 0 Å². The Hall–Kier alpha value is -5.72. The van der Waals surface area contributed by atoms with E-state index in [0.29, 0.717) is 47.4 Å². The third-order valence-corrected chi connectivity index (χ3v) is 12.6. The first kappa shape index (κ1) is 47.2. The molecule has 12 nitrogen and oxygen atoms in total. The topological polar surface area (TPSA) is 148 Å². The van der Waals surface area contributed by atoms with Crippen LogP contribution in [0.2, 0.25) is 10.0 Å². The minimum absolute atomic E-state index is 0.0346. The minimum Gasteiger partial charge on any atom is -0.478 e. The maximum Gasteiger partial charge on any atom is 0.410 e. The average molecular weight is 924 g/mol. The Kier molecular flexibility index (Phi) is 14.1. The van der Waals surface area contributed by atoms with Crippen LogP contribution in [-0.4, -0.2) is 93.5 Å². The predicted octanol–water partition coefficient (Wildman–Crippen LogP) is 11.0. The van der Waals surface area contributed by atoms with Crippen LogP contribution in [-0.2, 0) is 23.8 Å². The van der Waals surface area contributed by atoms with E-state index < -0.39 is 23.1 Å². The lowest BCUT2D eigenvalue weighted by atomic mass is 9.76. The van der Waals surface area contributed by atoms with Gasteiger partial charge >= 0.3 is 24.1 Å². The molecule has 342 valence electrons. The zero-order chi connectivity index (χ0) is 46.8. The molecule has 2 aliphatic carbocycles. The van der Waals surface area contributed by atoms with E-state index in [0.717, 1.165) is 64.9 Å². The van der Waals surface area contributed by atoms with Gasteiger partial charge in [-0.15, -0.1) is 0 Å². The first-order chi connectivity index (χ1) is 30.8. The van der Waals surface area contributed by atoms with Crippen molar-refractivity contribution in [3.05, 3.63) is 128 Å². The van der Waals surface area contributed by atoms with Gasteiger partial charge < -0.3 is 29.1 Å². The fourth-order valence-electron chi connectivity index (χ4n) is 9.35. The molecule has 2 fully saturated rings. The van der Waals surface area contributed by atoms with Crippen molar-refractivity contribution in [3.8, 4) is 0 Å². The van der Waals surface area contributed by atoms with E-state index in [-0.39, 0.29) is 41.4 Å². The first-order valence-electron chi connectivity index (χ1n) is 22.0. The lowest BCUT2D eigenvalue weighted by Gasteiger charge is -2.37. The number of hydrogen-bond donors (Lipinski definition) is 1. The summed E-state index contributed by atoms with van der Waals surface area (Å²) >= 11 is 12.6. The Labute approximate surface area is 390 Å². The molecule has 2 unspecified atom stereocenters. The molecule has 2 atom stereocenters. The molecule has 0 saturated carbocycles. The highest BCUT2D eigenvalue weighted by Gasteiger charge is 2.39.